The number of carbonyl (C=O) groups excluding carboxylic acids is 1. The maximum Gasteiger partial charge on any atom is 0.305 e. The Balaban J connectivity index is 2.53. The highest BCUT2D eigenvalue weighted by Gasteiger charge is 2.13. The van der Waals surface area contributed by atoms with Crippen molar-refractivity contribution in [1.29, 1.82) is 0 Å². The van der Waals surface area contributed by atoms with Crippen molar-refractivity contribution in [3.63, 3.8) is 0 Å². The van der Waals surface area contributed by atoms with Crippen LogP contribution in [0.1, 0.15) is 31.7 Å². The molecule has 0 atom stereocenters. The minimum Gasteiger partial charge on any atom is -0.488 e. The molecule has 118 valence electrons. The molecule has 0 unspecified atom stereocenters. The maximum atomic E-state index is 13.8. The van der Waals surface area contributed by atoms with Gasteiger partial charge in [-0.1, -0.05) is 6.92 Å². The predicted molar refractivity (Wildman–Crippen MR) is 75.1 cm³/mol. The third kappa shape index (κ3) is 6.08. The zero-order valence-electron chi connectivity index (χ0n) is 12.4. The Bertz CT molecular complexity index is 443. The molecule has 0 aromatic heterocycles. The topological polar surface area (TPSA) is 47.6 Å². The minimum absolute atomic E-state index is 0.0520. The summed E-state index contributed by atoms with van der Waals surface area (Å²) >= 11 is 0. The molecule has 1 aromatic carbocycles. The number of carbonyl (C=O) groups is 1. The highest BCUT2D eigenvalue weighted by Crippen LogP contribution is 2.23. The lowest BCUT2D eigenvalue weighted by Gasteiger charge is -2.10. The van der Waals surface area contributed by atoms with Crippen LogP contribution in [0.5, 0.6) is 5.75 Å². The summed E-state index contributed by atoms with van der Waals surface area (Å²) in [6.45, 7) is 3.26. The summed E-state index contributed by atoms with van der Waals surface area (Å²) in [5, 5.41) is 3.07. The molecule has 21 heavy (non-hydrogen) atoms. The molecule has 0 heterocycles. The molecule has 1 N–H and O–H groups in total. The normalized spacial score (nSPS) is 10.5. The fraction of sp³-hybridized carbons (Fsp3) is 0.533. The molecule has 1 aromatic rings. The number of nitrogens with one attached hydrogen (secondary N) is 1. The molecule has 0 amide bonds. The molecule has 0 saturated heterocycles. The number of hydrogen-bond donors (Lipinski definition) is 1. The summed E-state index contributed by atoms with van der Waals surface area (Å²) in [6.07, 6.45) is 1.44. The molecule has 1 rings (SSSR count). The van der Waals surface area contributed by atoms with E-state index in [4.69, 9.17) is 4.74 Å². The predicted octanol–water partition coefficient (Wildman–Crippen LogP) is 2.80. The van der Waals surface area contributed by atoms with Crippen molar-refractivity contribution in [3.05, 3.63) is 29.3 Å². The smallest absolute Gasteiger partial charge is 0.305 e. The molecule has 6 heteroatoms. The van der Waals surface area contributed by atoms with Gasteiger partial charge < -0.3 is 14.8 Å². The quantitative estimate of drug-likeness (QED) is 0.563. The number of rotatable bonds is 9. The number of benzene rings is 1. The van der Waals surface area contributed by atoms with Gasteiger partial charge in [-0.25, -0.2) is 8.78 Å². The Hall–Kier alpha value is -1.69. The van der Waals surface area contributed by atoms with Crippen LogP contribution in [0.4, 0.5) is 8.78 Å². The standard InChI is InChI=1S/C15H21F2NO3/c1-3-6-18-10-11-8-12(16)15(13(17)9-11)21-7-4-5-14(19)20-2/h8-9,18H,3-7,10H2,1-2H3. The fourth-order valence-corrected chi connectivity index (χ4v) is 1.75. The van der Waals surface area contributed by atoms with Crippen LogP contribution >= 0.6 is 0 Å². The monoisotopic (exact) mass is 301 g/mol. The number of esters is 1. The average molecular weight is 301 g/mol. The van der Waals surface area contributed by atoms with Crippen LogP contribution < -0.4 is 10.1 Å². The van der Waals surface area contributed by atoms with E-state index in [1.54, 1.807) is 0 Å². The lowest BCUT2D eigenvalue weighted by molar-refractivity contribution is -0.140. The molecule has 4 nitrogen and oxygen atoms in total. The Morgan fingerprint density at radius 1 is 1.29 bits per heavy atom. The Morgan fingerprint density at radius 2 is 1.95 bits per heavy atom. The molecule has 0 fully saturated rings. The Kier molecular flexibility index (Phi) is 7.68. The van der Waals surface area contributed by atoms with Gasteiger partial charge in [0.25, 0.3) is 0 Å². The van der Waals surface area contributed by atoms with Crippen LogP contribution in [0, 0.1) is 11.6 Å². The van der Waals surface area contributed by atoms with Crippen LogP contribution in [0.3, 0.4) is 0 Å². The van der Waals surface area contributed by atoms with Crippen molar-refractivity contribution in [3.8, 4) is 5.75 Å². The van der Waals surface area contributed by atoms with Crippen molar-refractivity contribution in [2.45, 2.75) is 32.7 Å². The SMILES string of the molecule is CCCNCc1cc(F)c(OCCCC(=O)OC)c(F)c1. The number of halogens is 2. The molecule has 0 saturated carbocycles. The van der Waals surface area contributed by atoms with E-state index in [2.05, 4.69) is 10.1 Å². The zero-order valence-corrected chi connectivity index (χ0v) is 12.4. The first kappa shape index (κ1) is 17.4. The lowest BCUT2D eigenvalue weighted by atomic mass is 10.2. The van der Waals surface area contributed by atoms with Crippen LogP contribution in [0.2, 0.25) is 0 Å². The van der Waals surface area contributed by atoms with Gasteiger partial charge in [0.1, 0.15) is 0 Å². The Morgan fingerprint density at radius 3 is 2.52 bits per heavy atom. The van der Waals surface area contributed by atoms with Gasteiger partial charge in [-0.05, 0) is 37.1 Å². The van der Waals surface area contributed by atoms with Crippen LogP contribution in [-0.2, 0) is 16.1 Å². The lowest BCUT2D eigenvalue weighted by Crippen LogP contribution is -2.14. The summed E-state index contributed by atoms with van der Waals surface area (Å²) in [5.41, 5.74) is 0.528. The molecule has 0 radical (unpaired) electrons. The van der Waals surface area contributed by atoms with Crippen molar-refractivity contribution >= 4 is 5.97 Å². The van der Waals surface area contributed by atoms with E-state index in [1.165, 1.54) is 19.2 Å². The minimum atomic E-state index is -0.735. The van der Waals surface area contributed by atoms with Gasteiger partial charge >= 0.3 is 5.97 Å². The van der Waals surface area contributed by atoms with E-state index in [1.807, 2.05) is 6.92 Å². The van der Waals surface area contributed by atoms with Crippen LogP contribution in [-0.4, -0.2) is 26.2 Å². The van der Waals surface area contributed by atoms with Gasteiger partial charge in [-0.3, -0.25) is 4.79 Å². The third-order valence-corrected chi connectivity index (χ3v) is 2.81. The number of methoxy groups -OCH3 is 1. The summed E-state index contributed by atoms with van der Waals surface area (Å²) < 4.78 is 37.1. The van der Waals surface area contributed by atoms with E-state index in [0.29, 0.717) is 18.5 Å². The van der Waals surface area contributed by atoms with Crippen LogP contribution in [0.25, 0.3) is 0 Å². The highest BCUT2D eigenvalue weighted by atomic mass is 19.1. The second-order valence-electron chi connectivity index (χ2n) is 4.59. The van der Waals surface area contributed by atoms with Crippen molar-refractivity contribution in [1.82, 2.24) is 5.32 Å². The van der Waals surface area contributed by atoms with Gasteiger partial charge in [0.15, 0.2) is 17.4 Å². The summed E-state index contributed by atoms with van der Waals surface area (Å²) in [7, 11) is 1.29. The fourth-order valence-electron chi connectivity index (χ4n) is 1.75. The van der Waals surface area contributed by atoms with Crippen LogP contribution in [0.15, 0.2) is 12.1 Å². The first-order valence-electron chi connectivity index (χ1n) is 6.96. The largest absolute Gasteiger partial charge is 0.488 e. The molecule has 0 aliphatic carbocycles. The van der Waals surface area contributed by atoms with Gasteiger partial charge in [-0.15, -0.1) is 0 Å². The maximum absolute atomic E-state index is 13.8. The molecular formula is C15H21F2NO3. The molecule has 0 bridgehead atoms. The van der Waals surface area contributed by atoms with E-state index in [-0.39, 0.29) is 19.0 Å². The van der Waals surface area contributed by atoms with Crippen molar-refractivity contribution < 1.29 is 23.0 Å². The van der Waals surface area contributed by atoms with E-state index >= 15 is 0 Å². The van der Waals surface area contributed by atoms with E-state index < -0.39 is 17.4 Å². The number of hydrogen-bond acceptors (Lipinski definition) is 4. The average Bonchev–Trinajstić information content (AvgIpc) is 2.45. The summed E-state index contributed by atoms with van der Waals surface area (Å²) in [6, 6.07) is 2.50. The molecular weight excluding hydrogens is 280 g/mol. The molecule has 0 aliphatic rings. The highest BCUT2D eigenvalue weighted by molar-refractivity contribution is 5.69. The van der Waals surface area contributed by atoms with Gasteiger partial charge in [-0.2, -0.15) is 0 Å². The van der Waals surface area contributed by atoms with Gasteiger partial charge in [0.2, 0.25) is 0 Å². The molecule has 0 aliphatic heterocycles. The second kappa shape index (κ2) is 9.28. The summed E-state index contributed by atoms with van der Waals surface area (Å²) in [4.78, 5) is 10.9. The van der Waals surface area contributed by atoms with Crippen molar-refractivity contribution in [2.75, 3.05) is 20.3 Å². The van der Waals surface area contributed by atoms with Crippen molar-refractivity contribution in [2.24, 2.45) is 0 Å². The summed E-state index contributed by atoms with van der Waals surface area (Å²) in [5.74, 6) is -2.25. The van der Waals surface area contributed by atoms with Gasteiger partial charge in [0.05, 0.1) is 13.7 Å². The Labute approximate surface area is 123 Å². The first-order chi connectivity index (χ1) is 10.1. The molecule has 0 spiro atoms. The van der Waals surface area contributed by atoms with Gasteiger partial charge in [0, 0.05) is 13.0 Å². The van der Waals surface area contributed by atoms with E-state index in [0.717, 1.165) is 13.0 Å². The number of ether oxygens (including phenoxy) is 2. The zero-order chi connectivity index (χ0) is 15.7. The third-order valence-electron chi connectivity index (χ3n) is 2.81. The second-order valence-corrected chi connectivity index (χ2v) is 4.59. The van der Waals surface area contributed by atoms with E-state index in [9.17, 15) is 13.6 Å². The first-order valence-corrected chi connectivity index (χ1v) is 6.96.